The highest BCUT2D eigenvalue weighted by atomic mass is 16.2. The van der Waals surface area contributed by atoms with Crippen molar-refractivity contribution in [1.82, 2.24) is 10.2 Å². The molecule has 0 aliphatic carbocycles. The summed E-state index contributed by atoms with van der Waals surface area (Å²) in [6, 6.07) is 7.53. The van der Waals surface area contributed by atoms with Gasteiger partial charge in [0, 0.05) is 19.3 Å². The summed E-state index contributed by atoms with van der Waals surface area (Å²) in [6.07, 6.45) is 1.63. The Bertz CT molecular complexity index is 502. The van der Waals surface area contributed by atoms with Gasteiger partial charge in [0.15, 0.2) is 0 Å². The molecule has 108 valence electrons. The molecule has 1 aliphatic rings. The van der Waals surface area contributed by atoms with Crippen molar-refractivity contribution in [2.75, 3.05) is 25.5 Å². The SMILES string of the molecule is CNC(=O)C1CCCN1C(=O)CNc1ccccc1C. The highest BCUT2D eigenvalue weighted by Gasteiger charge is 2.33. The molecule has 0 bridgehead atoms. The van der Waals surface area contributed by atoms with Gasteiger partial charge in [0.2, 0.25) is 11.8 Å². The molecule has 2 N–H and O–H groups in total. The van der Waals surface area contributed by atoms with Gasteiger partial charge in [-0.1, -0.05) is 18.2 Å². The Morgan fingerprint density at radius 3 is 2.80 bits per heavy atom. The number of benzene rings is 1. The monoisotopic (exact) mass is 275 g/mol. The molecule has 0 saturated carbocycles. The van der Waals surface area contributed by atoms with Crippen LogP contribution in [0.2, 0.25) is 0 Å². The van der Waals surface area contributed by atoms with Crippen molar-refractivity contribution in [2.24, 2.45) is 0 Å². The summed E-state index contributed by atoms with van der Waals surface area (Å²) in [7, 11) is 1.61. The maximum Gasteiger partial charge on any atom is 0.242 e. The van der Waals surface area contributed by atoms with Gasteiger partial charge in [0.05, 0.1) is 6.54 Å². The number of rotatable bonds is 4. The molecule has 1 fully saturated rings. The maximum absolute atomic E-state index is 12.2. The molecule has 20 heavy (non-hydrogen) atoms. The van der Waals surface area contributed by atoms with Crippen LogP contribution in [0.1, 0.15) is 18.4 Å². The van der Waals surface area contributed by atoms with Gasteiger partial charge in [0.1, 0.15) is 6.04 Å². The highest BCUT2D eigenvalue weighted by molar-refractivity contribution is 5.89. The van der Waals surface area contributed by atoms with Crippen LogP contribution in [0, 0.1) is 6.92 Å². The molecule has 1 saturated heterocycles. The number of para-hydroxylation sites is 1. The lowest BCUT2D eigenvalue weighted by atomic mass is 10.2. The van der Waals surface area contributed by atoms with E-state index in [1.165, 1.54) is 0 Å². The minimum absolute atomic E-state index is 0.0284. The zero-order valence-electron chi connectivity index (χ0n) is 12.0. The van der Waals surface area contributed by atoms with Crippen LogP contribution in [-0.4, -0.2) is 42.9 Å². The second kappa shape index (κ2) is 6.41. The van der Waals surface area contributed by atoms with E-state index < -0.39 is 0 Å². The van der Waals surface area contributed by atoms with Crippen LogP contribution in [0.3, 0.4) is 0 Å². The normalized spacial score (nSPS) is 17.9. The van der Waals surface area contributed by atoms with E-state index in [0.717, 1.165) is 24.1 Å². The summed E-state index contributed by atoms with van der Waals surface area (Å²) in [5.74, 6) is -0.105. The van der Waals surface area contributed by atoms with E-state index >= 15 is 0 Å². The lowest BCUT2D eigenvalue weighted by Crippen LogP contribution is -2.46. The Labute approximate surface area is 119 Å². The van der Waals surface area contributed by atoms with Gasteiger partial charge in [-0.2, -0.15) is 0 Å². The summed E-state index contributed by atoms with van der Waals surface area (Å²) < 4.78 is 0. The van der Waals surface area contributed by atoms with E-state index in [1.807, 2.05) is 31.2 Å². The molecular weight excluding hydrogens is 254 g/mol. The predicted octanol–water partition coefficient (Wildman–Crippen LogP) is 1.14. The van der Waals surface area contributed by atoms with Gasteiger partial charge in [-0.15, -0.1) is 0 Å². The number of likely N-dealkylation sites (tertiary alicyclic amines) is 1. The lowest BCUT2D eigenvalue weighted by molar-refractivity contribution is -0.136. The molecule has 5 heteroatoms. The number of hydrogen-bond acceptors (Lipinski definition) is 3. The van der Waals surface area contributed by atoms with Crippen molar-refractivity contribution in [1.29, 1.82) is 0 Å². The van der Waals surface area contributed by atoms with Crippen molar-refractivity contribution < 1.29 is 9.59 Å². The molecule has 1 atom stereocenters. The number of nitrogens with one attached hydrogen (secondary N) is 2. The Morgan fingerprint density at radius 2 is 2.10 bits per heavy atom. The van der Waals surface area contributed by atoms with Gasteiger partial charge in [-0.3, -0.25) is 9.59 Å². The minimum Gasteiger partial charge on any atom is -0.376 e. The van der Waals surface area contributed by atoms with Gasteiger partial charge >= 0.3 is 0 Å². The average Bonchev–Trinajstić information content (AvgIpc) is 2.94. The standard InChI is InChI=1S/C15H21N3O2/c1-11-6-3-4-7-12(11)17-10-14(19)18-9-5-8-13(18)15(20)16-2/h3-4,6-7,13,17H,5,8-10H2,1-2H3,(H,16,20). The number of aryl methyl sites for hydroxylation is 1. The van der Waals surface area contributed by atoms with Crippen LogP contribution < -0.4 is 10.6 Å². The Balaban J connectivity index is 1.95. The smallest absolute Gasteiger partial charge is 0.242 e. The van der Waals surface area contributed by atoms with Gasteiger partial charge in [0.25, 0.3) is 0 Å². The van der Waals surface area contributed by atoms with E-state index in [4.69, 9.17) is 0 Å². The first-order chi connectivity index (χ1) is 9.63. The molecule has 1 unspecified atom stereocenters. The minimum atomic E-state index is -0.314. The molecule has 0 spiro atoms. The lowest BCUT2D eigenvalue weighted by Gasteiger charge is -2.23. The van der Waals surface area contributed by atoms with Crippen LogP contribution in [0.15, 0.2) is 24.3 Å². The second-order valence-electron chi connectivity index (χ2n) is 5.03. The molecule has 1 aromatic rings. The number of nitrogens with zero attached hydrogens (tertiary/aromatic N) is 1. The van der Waals surface area contributed by atoms with Crippen LogP contribution in [0.4, 0.5) is 5.69 Å². The van der Waals surface area contributed by atoms with E-state index in [9.17, 15) is 9.59 Å². The summed E-state index contributed by atoms with van der Waals surface area (Å²) in [4.78, 5) is 25.6. The summed E-state index contributed by atoms with van der Waals surface area (Å²) in [5.41, 5.74) is 2.06. The molecule has 5 nitrogen and oxygen atoms in total. The Hall–Kier alpha value is -2.04. The first-order valence-electron chi connectivity index (χ1n) is 6.94. The van der Waals surface area contributed by atoms with E-state index in [0.29, 0.717) is 6.54 Å². The molecule has 1 aliphatic heterocycles. The summed E-state index contributed by atoms with van der Waals surface area (Å²) >= 11 is 0. The topological polar surface area (TPSA) is 61.4 Å². The van der Waals surface area contributed by atoms with Crippen LogP contribution in [0.5, 0.6) is 0 Å². The number of amides is 2. The van der Waals surface area contributed by atoms with Crippen molar-refractivity contribution >= 4 is 17.5 Å². The van der Waals surface area contributed by atoms with E-state index in [2.05, 4.69) is 10.6 Å². The third kappa shape index (κ3) is 3.10. The van der Waals surface area contributed by atoms with Crippen molar-refractivity contribution in [3.05, 3.63) is 29.8 Å². The Morgan fingerprint density at radius 1 is 1.35 bits per heavy atom. The zero-order chi connectivity index (χ0) is 14.5. The van der Waals surface area contributed by atoms with Crippen molar-refractivity contribution in [3.63, 3.8) is 0 Å². The third-order valence-corrected chi connectivity index (χ3v) is 3.70. The molecule has 1 aromatic carbocycles. The molecular formula is C15H21N3O2. The van der Waals surface area contributed by atoms with Crippen LogP contribution in [-0.2, 0) is 9.59 Å². The molecule has 2 amide bonds. The summed E-state index contributed by atoms with van der Waals surface area (Å²) in [5, 5.41) is 5.77. The molecule has 2 rings (SSSR count). The van der Waals surface area contributed by atoms with Crippen LogP contribution >= 0.6 is 0 Å². The number of likely N-dealkylation sites (N-methyl/N-ethyl adjacent to an activating group) is 1. The fourth-order valence-electron chi connectivity index (χ4n) is 2.55. The van der Waals surface area contributed by atoms with Crippen molar-refractivity contribution in [3.8, 4) is 0 Å². The largest absolute Gasteiger partial charge is 0.376 e. The predicted molar refractivity (Wildman–Crippen MR) is 78.5 cm³/mol. The Kier molecular flexibility index (Phi) is 4.61. The molecule has 1 heterocycles. The molecule has 0 radical (unpaired) electrons. The van der Waals surface area contributed by atoms with Gasteiger partial charge in [-0.25, -0.2) is 0 Å². The van der Waals surface area contributed by atoms with E-state index in [-0.39, 0.29) is 24.4 Å². The number of hydrogen-bond donors (Lipinski definition) is 2. The maximum atomic E-state index is 12.2. The second-order valence-corrected chi connectivity index (χ2v) is 5.03. The fraction of sp³-hybridized carbons (Fsp3) is 0.467. The summed E-state index contributed by atoms with van der Waals surface area (Å²) in [6.45, 7) is 2.88. The number of carbonyl (C=O) groups is 2. The quantitative estimate of drug-likeness (QED) is 0.866. The average molecular weight is 275 g/mol. The zero-order valence-corrected chi connectivity index (χ0v) is 12.0. The first-order valence-corrected chi connectivity index (χ1v) is 6.94. The fourth-order valence-corrected chi connectivity index (χ4v) is 2.55. The third-order valence-electron chi connectivity index (χ3n) is 3.70. The highest BCUT2D eigenvalue weighted by Crippen LogP contribution is 2.18. The number of carbonyl (C=O) groups excluding carboxylic acids is 2. The van der Waals surface area contributed by atoms with E-state index in [1.54, 1.807) is 11.9 Å². The first kappa shape index (κ1) is 14.4. The van der Waals surface area contributed by atoms with Gasteiger partial charge < -0.3 is 15.5 Å². The number of anilines is 1. The van der Waals surface area contributed by atoms with Crippen LogP contribution in [0.25, 0.3) is 0 Å². The van der Waals surface area contributed by atoms with Crippen molar-refractivity contribution in [2.45, 2.75) is 25.8 Å². The molecule has 0 aromatic heterocycles. The van der Waals surface area contributed by atoms with Gasteiger partial charge in [-0.05, 0) is 31.4 Å².